The van der Waals surface area contributed by atoms with Gasteiger partial charge in [0, 0.05) is 6.42 Å². The van der Waals surface area contributed by atoms with E-state index >= 15 is 0 Å². The summed E-state index contributed by atoms with van der Waals surface area (Å²) >= 11 is 0. The largest absolute Gasteiger partial charge is 0.453 e. The average Bonchev–Trinajstić information content (AvgIpc) is 2.30. The Labute approximate surface area is 69.5 Å². The number of carbonyl (C=O) groups is 2. The van der Waals surface area contributed by atoms with E-state index in [9.17, 15) is 9.59 Å². The van der Waals surface area contributed by atoms with E-state index in [1.807, 2.05) is 0 Å². The van der Waals surface area contributed by atoms with E-state index in [0.717, 1.165) is 0 Å². The number of carbonyl (C=O) groups excluding carboxylic acids is 2. The molecule has 4 heteroatoms. The van der Waals surface area contributed by atoms with Crippen molar-refractivity contribution in [3.05, 3.63) is 0 Å². The second kappa shape index (κ2) is 3.37. The molecule has 4 nitrogen and oxygen atoms in total. The molecular weight excluding hydrogens is 160 g/mol. The molecule has 0 aromatic carbocycles. The van der Waals surface area contributed by atoms with E-state index < -0.39 is 24.0 Å². The lowest BCUT2D eigenvalue weighted by atomic mass is 10.1. The van der Waals surface area contributed by atoms with Crippen LogP contribution in [0.25, 0.3) is 0 Å². The van der Waals surface area contributed by atoms with Crippen LogP contribution in [-0.4, -0.2) is 29.1 Å². The Bertz CT molecular complexity index is 250. The van der Waals surface area contributed by atoms with Crippen molar-refractivity contribution in [1.82, 2.24) is 0 Å². The molecule has 1 heterocycles. The van der Waals surface area contributed by atoms with Crippen LogP contribution < -0.4 is 0 Å². The molecule has 0 aliphatic carbocycles. The molecule has 0 amide bonds. The summed E-state index contributed by atoms with van der Waals surface area (Å²) in [6.07, 6.45) is 3.59. The van der Waals surface area contributed by atoms with Crippen molar-refractivity contribution in [2.24, 2.45) is 0 Å². The number of aliphatic hydroxyl groups is 1. The topological polar surface area (TPSA) is 63.6 Å². The van der Waals surface area contributed by atoms with Crippen molar-refractivity contribution in [3.63, 3.8) is 0 Å². The van der Waals surface area contributed by atoms with E-state index in [0.29, 0.717) is 12.8 Å². The lowest BCUT2D eigenvalue weighted by Gasteiger charge is -2.08. The number of Topliss-reactive ketones (excluding diaryl/α,β-unsaturated/α-hetero) is 1. The maximum atomic E-state index is 10.7. The first-order valence-electron chi connectivity index (χ1n) is 3.53. The second-order valence-electron chi connectivity index (χ2n) is 2.50. The zero-order valence-corrected chi connectivity index (χ0v) is 6.32. The smallest absolute Gasteiger partial charge is 0.377 e. The summed E-state index contributed by atoms with van der Waals surface area (Å²) in [6, 6.07) is 0. The molecule has 0 saturated carbocycles. The van der Waals surface area contributed by atoms with Crippen molar-refractivity contribution in [2.45, 2.75) is 25.0 Å². The Balaban J connectivity index is 2.54. The van der Waals surface area contributed by atoms with Gasteiger partial charge in [0.1, 0.15) is 6.10 Å². The number of esters is 1. The first-order chi connectivity index (χ1) is 5.66. The van der Waals surface area contributed by atoms with E-state index in [2.05, 4.69) is 10.7 Å². The maximum absolute atomic E-state index is 10.7. The van der Waals surface area contributed by atoms with Gasteiger partial charge in [-0.15, -0.1) is 12.3 Å². The van der Waals surface area contributed by atoms with Crippen LogP contribution in [0.15, 0.2) is 0 Å². The zero-order valence-electron chi connectivity index (χ0n) is 6.32. The number of hydrogen-bond acceptors (Lipinski definition) is 4. The number of cyclic esters (lactones) is 1. The molecule has 1 aliphatic heterocycles. The van der Waals surface area contributed by atoms with Crippen molar-refractivity contribution in [2.75, 3.05) is 0 Å². The van der Waals surface area contributed by atoms with Crippen LogP contribution in [0.2, 0.25) is 0 Å². The number of terminal acetylenes is 1. The fourth-order valence-electron chi connectivity index (χ4n) is 0.992. The normalized spacial score (nSPS) is 28.3. The summed E-state index contributed by atoms with van der Waals surface area (Å²) in [5.41, 5.74) is 0. The second-order valence-corrected chi connectivity index (χ2v) is 2.50. The first kappa shape index (κ1) is 8.75. The Hall–Kier alpha value is -1.34. The first-order valence-corrected chi connectivity index (χ1v) is 3.53. The van der Waals surface area contributed by atoms with Crippen LogP contribution in [0.3, 0.4) is 0 Å². The third-order valence-corrected chi connectivity index (χ3v) is 1.65. The van der Waals surface area contributed by atoms with Gasteiger partial charge >= 0.3 is 5.97 Å². The summed E-state index contributed by atoms with van der Waals surface area (Å²) in [7, 11) is 0. The number of hydrogen-bond donors (Lipinski definition) is 1. The summed E-state index contributed by atoms with van der Waals surface area (Å²) in [5, 5.41) is 9.09. The monoisotopic (exact) mass is 168 g/mol. The standard InChI is InChI=1S/C8H8O4/c1-2-3-4-5-6(9)7(10)8(11)12-5/h1,5-6,9H,3-4H2. The van der Waals surface area contributed by atoms with Gasteiger partial charge in [0.2, 0.25) is 0 Å². The molecule has 0 aromatic rings. The highest BCUT2D eigenvalue weighted by Gasteiger charge is 2.41. The summed E-state index contributed by atoms with van der Waals surface area (Å²) in [6.45, 7) is 0. The zero-order chi connectivity index (χ0) is 9.14. The van der Waals surface area contributed by atoms with Gasteiger partial charge < -0.3 is 9.84 Å². The SMILES string of the molecule is C#CCCC1OC(=O)C(=O)C1O. The maximum Gasteiger partial charge on any atom is 0.377 e. The van der Waals surface area contributed by atoms with Crippen molar-refractivity contribution < 1.29 is 19.4 Å². The summed E-state index contributed by atoms with van der Waals surface area (Å²) < 4.78 is 4.55. The van der Waals surface area contributed by atoms with Crippen LogP contribution in [0.4, 0.5) is 0 Å². The van der Waals surface area contributed by atoms with Crippen molar-refractivity contribution in [1.29, 1.82) is 0 Å². The van der Waals surface area contributed by atoms with E-state index in [1.54, 1.807) is 0 Å². The van der Waals surface area contributed by atoms with Gasteiger partial charge in [-0.1, -0.05) is 0 Å². The van der Waals surface area contributed by atoms with Gasteiger partial charge in [-0.05, 0) is 6.42 Å². The minimum atomic E-state index is -1.33. The Morgan fingerprint density at radius 2 is 2.25 bits per heavy atom. The van der Waals surface area contributed by atoms with E-state index in [4.69, 9.17) is 11.5 Å². The van der Waals surface area contributed by atoms with Gasteiger partial charge in [0.15, 0.2) is 6.10 Å². The lowest BCUT2D eigenvalue weighted by molar-refractivity contribution is -0.149. The molecule has 1 N–H and O–H groups in total. The molecule has 0 aromatic heterocycles. The predicted octanol–water partition coefficient (Wildman–Crippen LogP) is -0.745. The third-order valence-electron chi connectivity index (χ3n) is 1.65. The van der Waals surface area contributed by atoms with Gasteiger partial charge in [0.25, 0.3) is 5.78 Å². The van der Waals surface area contributed by atoms with Crippen LogP contribution in [0.5, 0.6) is 0 Å². The molecule has 1 fully saturated rings. The molecule has 0 bridgehead atoms. The Morgan fingerprint density at radius 1 is 1.58 bits per heavy atom. The highest BCUT2D eigenvalue weighted by atomic mass is 16.6. The molecule has 12 heavy (non-hydrogen) atoms. The van der Waals surface area contributed by atoms with Crippen LogP contribution in [-0.2, 0) is 14.3 Å². The molecule has 2 unspecified atom stereocenters. The van der Waals surface area contributed by atoms with Crippen LogP contribution >= 0.6 is 0 Å². The van der Waals surface area contributed by atoms with Gasteiger partial charge in [-0.25, -0.2) is 4.79 Å². The van der Waals surface area contributed by atoms with Gasteiger partial charge in [0.05, 0.1) is 0 Å². The summed E-state index contributed by atoms with van der Waals surface area (Å²) in [4.78, 5) is 21.3. The Kier molecular flexibility index (Phi) is 2.46. The minimum Gasteiger partial charge on any atom is -0.453 e. The molecule has 0 spiro atoms. The quantitative estimate of drug-likeness (QED) is 0.335. The predicted molar refractivity (Wildman–Crippen MR) is 39.0 cm³/mol. The fourth-order valence-corrected chi connectivity index (χ4v) is 0.992. The average molecular weight is 168 g/mol. The molecule has 2 atom stereocenters. The molecule has 64 valence electrons. The molecule has 1 rings (SSSR count). The van der Waals surface area contributed by atoms with E-state index in [-0.39, 0.29) is 0 Å². The van der Waals surface area contributed by atoms with E-state index in [1.165, 1.54) is 0 Å². The molecule has 1 aliphatic rings. The van der Waals surface area contributed by atoms with Gasteiger partial charge in [-0.3, -0.25) is 4.79 Å². The highest BCUT2D eigenvalue weighted by Crippen LogP contribution is 2.16. The molecule has 1 saturated heterocycles. The number of ether oxygens (including phenoxy) is 1. The van der Waals surface area contributed by atoms with Crippen molar-refractivity contribution in [3.8, 4) is 12.3 Å². The van der Waals surface area contributed by atoms with Crippen LogP contribution in [0, 0.1) is 12.3 Å². The fraction of sp³-hybridized carbons (Fsp3) is 0.500. The number of rotatable bonds is 2. The van der Waals surface area contributed by atoms with Crippen LogP contribution in [0.1, 0.15) is 12.8 Å². The molecule has 0 radical (unpaired) electrons. The summed E-state index contributed by atoms with van der Waals surface area (Å²) in [5.74, 6) is 0.485. The minimum absolute atomic E-state index is 0.329. The third kappa shape index (κ3) is 1.46. The number of ketones is 1. The van der Waals surface area contributed by atoms with Gasteiger partial charge in [-0.2, -0.15) is 0 Å². The molecular formula is C8H8O4. The van der Waals surface area contributed by atoms with Crippen molar-refractivity contribution >= 4 is 11.8 Å². The highest BCUT2D eigenvalue weighted by molar-refractivity contribution is 6.37. The number of aliphatic hydroxyl groups excluding tert-OH is 1. The lowest BCUT2D eigenvalue weighted by Crippen LogP contribution is -2.26. The Morgan fingerprint density at radius 3 is 2.67 bits per heavy atom.